The summed E-state index contributed by atoms with van der Waals surface area (Å²) in [5, 5.41) is 3.18. The second kappa shape index (κ2) is 5.23. The number of rotatable bonds is 4. The first kappa shape index (κ1) is 11.3. The molecule has 2 N–H and O–H groups in total. The number of aromatic nitrogens is 2. The van der Waals surface area contributed by atoms with E-state index in [9.17, 15) is 4.39 Å². The minimum Gasteiger partial charge on any atom is -0.348 e. The molecule has 0 spiro atoms. The topological polar surface area (TPSA) is 40.7 Å². The molecule has 0 bridgehead atoms. The molecule has 0 atom stereocenters. The lowest BCUT2D eigenvalue weighted by Gasteiger charge is -2.04. The van der Waals surface area contributed by atoms with Crippen LogP contribution in [0.15, 0.2) is 35.1 Å². The van der Waals surface area contributed by atoms with Gasteiger partial charge < -0.3 is 10.3 Å². The van der Waals surface area contributed by atoms with E-state index in [0.29, 0.717) is 17.6 Å². The molecule has 84 valence electrons. The molecule has 0 radical (unpaired) electrons. The third-order valence-electron chi connectivity index (χ3n) is 2.16. The van der Waals surface area contributed by atoms with Gasteiger partial charge >= 0.3 is 0 Å². The zero-order valence-corrected chi connectivity index (χ0v) is 10.1. The van der Waals surface area contributed by atoms with E-state index in [1.807, 2.05) is 6.07 Å². The number of aromatic amines is 1. The van der Waals surface area contributed by atoms with Crippen LogP contribution in [0.5, 0.6) is 0 Å². The van der Waals surface area contributed by atoms with Gasteiger partial charge in [-0.3, -0.25) is 0 Å². The van der Waals surface area contributed by atoms with E-state index in [-0.39, 0.29) is 5.82 Å². The van der Waals surface area contributed by atoms with Gasteiger partial charge in [-0.05, 0) is 33.6 Å². The fraction of sp³-hybridized carbons (Fsp3) is 0.182. The summed E-state index contributed by atoms with van der Waals surface area (Å²) in [4.78, 5) is 7.07. The molecule has 0 aliphatic rings. The summed E-state index contributed by atoms with van der Waals surface area (Å²) in [5.41, 5.74) is 0.909. The van der Waals surface area contributed by atoms with E-state index >= 15 is 0 Å². The highest BCUT2D eigenvalue weighted by atomic mass is 79.9. The fourth-order valence-electron chi connectivity index (χ4n) is 1.37. The summed E-state index contributed by atoms with van der Waals surface area (Å²) >= 11 is 3.12. The maximum absolute atomic E-state index is 13.2. The van der Waals surface area contributed by atoms with Crippen molar-refractivity contribution >= 4 is 15.9 Å². The Morgan fingerprint density at radius 3 is 2.94 bits per heavy atom. The molecule has 0 aliphatic carbocycles. The first-order chi connectivity index (χ1) is 7.75. The Hall–Kier alpha value is -1.20. The summed E-state index contributed by atoms with van der Waals surface area (Å²) in [6, 6.07) is 5.10. The van der Waals surface area contributed by atoms with E-state index in [0.717, 1.165) is 11.4 Å². The molecule has 2 aromatic rings. The van der Waals surface area contributed by atoms with Crippen LogP contribution in [0, 0.1) is 5.82 Å². The summed E-state index contributed by atoms with van der Waals surface area (Å²) < 4.78 is 13.7. The van der Waals surface area contributed by atoms with Crippen molar-refractivity contribution in [3.05, 3.63) is 52.3 Å². The van der Waals surface area contributed by atoms with Crippen molar-refractivity contribution in [2.24, 2.45) is 0 Å². The summed E-state index contributed by atoms with van der Waals surface area (Å²) in [6.45, 7) is 1.26. The summed E-state index contributed by atoms with van der Waals surface area (Å²) in [7, 11) is 0. The first-order valence-corrected chi connectivity index (χ1v) is 5.68. The van der Waals surface area contributed by atoms with Crippen molar-refractivity contribution in [2.45, 2.75) is 13.1 Å². The number of halogens is 2. The summed E-state index contributed by atoms with van der Waals surface area (Å²) in [5.74, 6) is 0.634. The standard InChI is InChI=1S/C11H11BrFN3/c12-9-2-1-8(5-10(9)13)6-14-7-11-15-3-4-16-11/h1-5,14H,6-7H2,(H,15,16). The Morgan fingerprint density at radius 1 is 1.38 bits per heavy atom. The molecule has 1 heterocycles. The highest BCUT2D eigenvalue weighted by Gasteiger charge is 2.00. The monoisotopic (exact) mass is 283 g/mol. The van der Waals surface area contributed by atoms with Gasteiger partial charge in [0, 0.05) is 18.9 Å². The van der Waals surface area contributed by atoms with Crippen LogP contribution in [0.4, 0.5) is 4.39 Å². The molecule has 1 aromatic carbocycles. The Balaban J connectivity index is 1.87. The van der Waals surface area contributed by atoms with Crippen LogP contribution >= 0.6 is 15.9 Å². The third-order valence-corrected chi connectivity index (χ3v) is 2.80. The number of H-pyrrole nitrogens is 1. The van der Waals surface area contributed by atoms with Crippen LogP contribution in [0.1, 0.15) is 11.4 Å². The Bertz CT molecular complexity index is 456. The van der Waals surface area contributed by atoms with E-state index in [1.54, 1.807) is 18.5 Å². The molecule has 2 rings (SSSR count). The van der Waals surface area contributed by atoms with Crippen LogP contribution in [-0.2, 0) is 13.1 Å². The Morgan fingerprint density at radius 2 is 2.25 bits per heavy atom. The highest BCUT2D eigenvalue weighted by molar-refractivity contribution is 9.10. The smallest absolute Gasteiger partial charge is 0.137 e. The number of nitrogens with zero attached hydrogens (tertiary/aromatic N) is 1. The molecule has 0 saturated heterocycles. The second-order valence-corrected chi connectivity index (χ2v) is 4.24. The van der Waals surface area contributed by atoms with E-state index in [1.165, 1.54) is 6.07 Å². The number of nitrogens with one attached hydrogen (secondary N) is 2. The number of hydrogen-bond donors (Lipinski definition) is 2. The minimum absolute atomic E-state index is 0.239. The predicted molar refractivity (Wildman–Crippen MR) is 63.2 cm³/mol. The largest absolute Gasteiger partial charge is 0.348 e. The fourth-order valence-corrected chi connectivity index (χ4v) is 1.62. The van der Waals surface area contributed by atoms with Gasteiger partial charge in [-0.15, -0.1) is 0 Å². The van der Waals surface area contributed by atoms with Gasteiger partial charge in [-0.1, -0.05) is 6.07 Å². The third kappa shape index (κ3) is 2.90. The van der Waals surface area contributed by atoms with Gasteiger partial charge in [0.25, 0.3) is 0 Å². The van der Waals surface area contributed by atoms with Gasteiger partial charge in [0.1, 0.15) is 11.6 Å². The molecular weight excluding hydrogens is 273 g/mol. The number of hydrogen-bond acceptors (Lipinski definition) is 2. The molecule has 0 saturated carbocycles. The average molecular weight is 284 g/mol. The molecule has 16 heavy (non-hydrogen) atoms. The van der Waals surface area contributed by atoms with Gasteiger partial charge in [0.2, 0.25) is 0 Å². The van der Waals surface area contributed by atoms with Crippen LogP contribution < -0.4 is 5.32 Å². The molecule has 3 nitrogen and oxygen atoms in total. The minimum atomic E-state index is -0.239. The predicted octanol–water partition coefficient (Wildman–Crippen LogP) is 2.60. The van der Waals surface area contributed by atoms with E-state index in [2.05, 4.69) is 31.2 Å². The van der Waals surface area contributed by atoms with Crippen molar-refractivity contribution in [2.75, 3.05) is 0 Å². The molecule has 0 fully saturated rings. The molecule has 0 amide bonds. The molecule has 5 heteroatoms. The SMILES string of the molecule is Fc1cc(CNCc2ncc[nH]2)ccc1Br. The molecule has 1 aromatic heterocycles. The zero-order chi connectivity index (χ0) is 11.4. The zero-order valence-electron chi connectivity index (χ0n) is 8.50. The number of benzene rings is 1. The van der Waals surface area contributed by atoms with E-state index < -0.39 is 0 Å². The Kier molecular flexibility index (Phi) is 3.69. The first-order valence-electron chi connectivity index (χ1n) is 4.88. The van der Waals surface area contributed by atoms with Crippen LogP contribution in [0.3, 0.4) is 0 Å². The molecular formula is C11H11BrFN3. The summed E-state index contributed by atoms with van der Waals surface area (Å²) in [6.07, 6.45) is 3.48. The lowest BCUT2D eigenvalue weighted by Crippen LogP contribution is -2.13. The molecule has 0 unspecified atom stereocenters. The lowest BCUT2D eigenvalue weighted by atomic mass is 10.2. The van der Waals surface area contributed by atoms with Crippen molar-refractivity contribution in [3.8, 4) is 0 Å². The van der Waals surface area contributed by atoms with Crippen LogP contribution in [-0.4, -0.2) is 9.97 Å². The van der Waals surface area contributed by atoms with Gasteiger partial charge in [-0.2, -0.15) is 0 Å². The van der Waals surface area contributed by atoms with Crippen molar-refractivity contribution in [3.63, 3.8) is 0 Å². The second-order valence-electron chi connectivity index (χ2n) is 3.39. The molecule has 0 aliphatic heterocycles. The van der Waals surface area contributed by atoms with Crippen LogP contribution in [0.2, 0.25) is 0 Å². The lowest BCUT2D eigenvalue weighted by molar-refractivity contribution is 0.612. The van der Waals surface area contributed by atoms with Gasteiger partial charge in [0.05, 0.1) is 11.0 Å². The Labute approximate surface area is 101 Å². The van der Waals surface area contributed by atoms with Crippen molar-refractivity contribution in [1.82, 2.24) is 15.3 Å². The highest BCUT2D eigenvalue weighted by Crippen LogP contribution is 2.16. The average Bonchev–Trinajstić information content (AvgIpc) is 2.76. The maximum Gasteiger partial charge on any atom is 0.137 e. The quantitative estimate of drug-likeness (QED) is 0.906. The van der Waals surface area contributed by atoms with E-state index in [4.69, 9.17) is 0 Å². The van der Waals surface area contributed by atoms with Crippen molar-refractivity contribution in [1.29, 1.82) is 0 Å². The van der Waals surface area contributed by atoms with Crippen molar-refractivity contribution < 1.29 is 4.39 Å². The van der Waals surface area contributed by atoms with Gasteiger partial charge in [0.15, 0.2) is 0 Å². The van der Waals surface area contributed by atoms with Crippen LogP contribution in [0.25, 0.3) is 0 Å². The van der Waals surface area contributed by atoms with Gasteiger partial charge in [-0.25, -0.2) is 9.37 Å². The maximum atomic E-state index is 13.2. The number of imidazole rings is 1. The normalized spacial score (nSPS) is 10.6.